The van der Waals surface area contributed by atoms with Gasteiger partial charge in [-0.15, -0.1) is 6.58 Å². The van der Waals surface area contributed by atoms with Crippen LogP contribution in [-0.2, 0) is 0 Å². The van der Waals surface area contributed by atoms with Gasteiger partial charge in [0.15, 0.2) is 0 Å². The molecular formula is C10H10N4O2. The number of nitrogens with one attached hydrogen (secondary N) is 1. The lowest BCUT2D eigenvalue weighted by atomic mass is 10.2. The summed E-state index contributed by atoms with van der Waals surface area (Å²) in [6, 6.07) is 3.06. The predicted octanol–water partition coefficient (Wildman–Crippen LogP) is 1.85. The lowest BCUT2D eigenvalue weighted by molar-refractivity contribution is -0.385. The molecule has 82 valence electrons. The van der Waals surface area contributed by atoms with Crippen LogP contribution in [-0.4, -0.2) is 16.5 Å². The van der Waals surface area contributed by atoms with Crippen molar-refractivity contribution in [3.8, 4) is 6.07 Å². The van der Waals surface area contributed by atoms with Crippen LogP contribution in [0.25, 0.3) is 0 Å². The molecule has 0 fully saturated rings. The average molecular weight is 218 g/mol. The number of nitro groups is 1. The van der Waals surface area contributed by atoms with Crippen molar-refractivity contribution < 1.29 is 4.92 Å². The summed E-state index contributed by atoms with van der Waals surface area (Å²) >= 11 is 0. The predicted molar refractivity (Wildman–Crippen MR) is 58.9 cm³/mol. The summed E-state index contributed by atoms with van der Waals surface area (Å²) in [4.78, 5) is 13.7. The van der Waals surface area contributed by atoms with E-state index in [0.717, 1.165) is 12.6 Å². The molecule has 0 atom stereocenters. The molecule has 0 aliphatic carbocycles. The van der Waals surface area contributed by atoms with E-state index in [1.807, 2.05) is 6.07 Å². The van der Waals surface area contributed by atoms with Gasteiger partial charge in [-0.25, -0.2) is 4.98 Å². The number of rotatable bonds is 5. The molecule has 1 aromatic heterocycles. The molecule has 16 heavy (non-hydrogen) atoms. The van der Waals surface area contributed by atoms with Crippen LogP contribution in [0, 0.1) is 21.4 Å². The van der Waals surface area contributed by atoms with E-state index in [1.54, 1.807) is 6.08 Å². The van der Waals surface area contributed by atoms with Gasteiger partial charge in [-0.2, -0.15) is 5.26 Å². The van der Waals surface area contributed by atoms with E-state index in [0.29, 0.717) is 12.4 Å². The minimum atomic E-state index is -0.582. The molecule has 0 spiro atoms. The first-order valence-corrected chi connectivity index (χ1v) is 4.58. The Labute approximate surface area is 92.4 Å². The second-order valence-electron chi connectivity index (χ2n) is 2.96. The summed E-state index contributed by atoms with van der Waals surface area (Å²) in [6.07, 6.45) is 3.57. The van der Waals surface area contributed by atoms with Gasteiger partial charge in [-0.3, -0.25) is 10.1 Å². The third-order valence-electron chi connectivity index (χ3n) is 1.85. The zero-order valence-corrected chi connectivity index (χ0v) is 8.51. The molecule has 1 N–H and O–H groups in total. The fourth-order valence-corrected chi connectivity index (χ4v) is 1.07. The van der Waals surface area contributed by atoms with Crippen molar-refractivity contribution >= 4 is 11.5 Å². The summed E-state index contributed by atoms with van der Waals surface area (Å²) in [5.41, 5.74) is -0.0240. The van der Waals surface area contributed by atoms with Crippen LogP contribution in [0.5, 0.6) is 0 Å². The number of anilines is 1. The molecule has 0 bridgehead atoms. The van der Waals surface area contributed by atoms with E-state index in [1.165, 1.54) is 6.07 Å². The smallest absolute Gasteiger partial charge is 0.289 e. The Balaban J connectivity index is 2.90. The van der Waals surface area contributed by atoms with Gasteiger partial charge < -0.3 is 5.32 Å². The number of nitriles is 1. The number of hydrogen-bond acceptors (Lipinski definition) is 5. The Kier molecular flexibility index (Phi) is 3.98. The van der Waals surface area contributed by atoms with Gasteiger partial charge in [0.25, 0.3) is 5.69 Å². The Bertz CT molecular complexity index is 451. The van der Waals surface area contributed by atoms with E-state index in [4.69, 9.17) is 5.26 Å². The third kappa shape index (κ3) is 2.78. The lowest BCUT2D eigenvalue weighted by Gasteiger charge is -2.04. The molecule has 1 rings (SSSR count). The summed E-state index contributed by atoms with van der Waals surface area (Å²) in [5.74, 6) is 0.356. The van der Waals surface area contributed by atoms with Crippen LogP contribution in [0.2, 0.25) is 0 Å². The maximum absolute atomic E-state index is 10.5. The van der Waals surface area contributed by atoms with Crippen LogP contribution in [0.15, 0.2) is 24.9 Å². The fraction of sp³-hybridized carbons (Fsp3) is 0.200. The molecule has 0 saturated carbocycles. The lowest BCUT2D eigenvalue weighted by Crippen LogP contribution is -2.05. The van der Waals surface area contributed by atoms with Crippen molar-refractivity contribution in [2.75, 3.05) is 11.9 Å². The summed E-state index contributed by atoms with van der Waals surface area (Å²) < 4.78 is 0. The Morgan fingerprint density at radius 3 is 3.06 bits per heavy atom. The first kappa shape index (κ1) is 11.7. The standard InChI is InChI=1S/C10H10N4O2/c1-2-3-4-12-10-8(6-11)5-9(7-13-10)14(15)16/h2,5,7H,1,3-4H2,(H,12,13). The highest BCUT2D eigenvalue weighted by molar-refractivity contribution is 5.55. The minimum absolute atomic E-state index is 0.165. The van der Waals surface area contributed by atoms with Crippen LogP contribution < -0.4 is 5.32 Å². The normalized spacial score (nSPS) is 9.19. The quantitative estimate of drug-likeness (QED) is 0.352. The number of pyridine rings is 1. The van der Waals surface area contributed by atoms with E-state index in [-0.39, 0.29) is 11.3 Å². The van der Waals surface area contributed by atoms with Crippen molar-refractivity contribution in [3.05, 3.63) is 40.6 Å². The molecule has 0 unspecified atom stereocenters. The summed E-state index contributed by atoms with van der Waals surface area (Å²) in [7, 11) is 0. The number of nitrogens with zero attached hydrogens (tertiary/aromatic N) is 3. The highest BCUT2D eigenvalue weighted by atomic mass is 16.6. The Morgan fingerprint density at radius 2 is 2.50 bits per heavy atom. The average Bonchev–Trinajstić information content (AvgIpc) is 2.29. The molecule has 1 aromatic rings. The third-order valence-corrected chi connectivity index (χ3v) is 1.85. The molecule has 0 saturated heterocycles. The molecule has 0 aliphatic rings. The molecule has 6 heteroatoms. The molecule has 0 aliphatic heterocycles. The first-order chi connectivity index (χ1) is 7.69. The van der Waals surface area contributed by atoms with Crippen molar-refractivity contribution in [2.24, 2.45) is 0 Å². The van der Waals surface area contributed by atoms with Gasteiger partial charge in [-0.1, -0.05) is 6.08 Å². The van der Waals surface area contributed by atoms with E-state index < -0.39 is 4.92 Å². The van der Waals surface area contributed by atoms with Crippen molar-refractivity contribution in [2.45, 2.75) is 6.42 Å². The molecule has 0 amide bonds. The zero-order chi connectivity index (χ0) is 12.0. The van der Waals surface area contributed by atoms with Crippen LogP contribution in [0.1, 0.15) is 12.0 Å². The molecular weight excluding hydrogens is 208 g/mol. The van der Waals surface area contributed by atoms with Gasteiger partial charge >= 0.3 is 0 Å². The molecule has 1 heterocycles. The monoisotopic (exact) mass is 218 g/mol. The molecule has 0 radical (unpaired) electrons. The van der Waals surface area contributed by atoms with E-state index >= 15 is 0 Å². The Hall–Kier alpha value is -2.42. The maximum Gasteiger partial charge on any atom is 0.289 e. The largest absolute Gasteiger partial charge is 0.369 e. The second kappa shape index (κ2) is 5.46. The fourth-order valence-electron chi connectivity index (χ4n) is 1.07. The highest BCUT2D eigenvalue weighted by Gasteiger charge is 2.11. The van der Waals surface area contributed by atoms with Crippen molar-refractivity contribution in [1.29, 1.82) is 5.26 Å². The van der Waals surface area contributed by atoms with E-state index in [9.17, 15) is 10.1 Å². The first-order valence-electron chi connectivity index (χ1n) is 4.58. The number of aromatic nitrogens is 1. The van der Waals surface area contributed by atoms with Crippen molar-refractivity contribution in [3.63, 3.8) is 0 Å². The van der Waals surface area contributed by atoms with Crippen LogP contribution in [0.3, 0.4) is 0 Å². The van der Waals surface area contributed by atoms with Gasteiger partial charge in [0.1, 0.15) is 23.6 Å². The summed E-state index contributed by atoms with van der Waals surface area (Å²) in [5, 5.41) is 22.2. The molecule has 0 aromatic carbocycles. The SMILES string of the molecule is C=CCCNc1ncc([N+](=O)[O-])cc1C#N. The van der Waals surface area contributed by atoms with Gasteiger partial charge in [0.2, 0.25) is 0 Å². The van der Waals surface area contributed by atoms with Crippen LogP contribution in [0.4, 0.5) is 11.5 Å². The van der Waals surface area contributed by atoms with E-state index in [2.05, 4.69) is 16.9 Å². The van der Waals surface area contributed by atoms with Gasteiger partial charge in [0.05, 0.1) is 4.92 Å². The van der Waals surface area contributed by atoms with Crippen molar-refractivity contribution in [1.82, 2.24) is 4.98 Å². The second-order valence-corrected chi connectivity index (χ2v) is 2.96. The maximum atomic E-state index is 10.5. The number of hydrogen-bond donors (Lipinski definition) is 1. The summed E-state index contributed by atoms with van der Waals surface area (Å²) in [6.45, 7) is 4.14. The highest BCUT2D eigenvalue weighted by Crippen LogP contribution is 2.17. The molecule has 6 nitrogen and oxygen atoms in total. The topological polar surface area (TPSA) is 91.8 Å². The van der Waals surface area contributed by atoms with Crippen LogP contribution >= 0.6 is 0 Å². The van der Waals surface area contributed by atoms with Gasteiger partial charge in [-0.05, 0) is 6.42 Å². The zero-order valence-electron chi connectivity index (χ0n) is 8.51. The minimum Gasteiger partial charge on any atom is -0.369 e. The Morgan fingerprint density at radius 1 is 1.75 bits per heavy atom. The van der Waals surface area contributed by atoms with Gasteiger partial charge in [0, 0.05) is 12.6 Å².